The average molecular weight is 169 g/mol. The van der Waals surface area contributed by atoms with E-state index >= 15 is 0 Å². The third-order valence-corrected chi connectivity index (χ3v) is 5.77. The first-order chi connectivity index (χ1) is 5.09. The van der Waals surface area contributed by atoms with Gasteiger partial charge >= 0.3 is 0 Å². The van der Waals surface area contributed by atoms with Gasteiger partial charge in [-0.3, -0.25) is 0 Å². The van der Waals surface area contributed by atoms with Crippen molar-refractivity contribution in [3.8, 4) is 0 Å². The molecule has 0 N–H and O–H groups in total. The molecule has 1 heteroatoms. The van der Waals surface area contributed by atoms with Crippen LogP contribution in [0.15, 0.2) is 12.2 Å². The van der Waals surface area contributed by atoms with Crippen LogP contribution < -0.4 is 0 Å². The Balaban J connectivity index is 2.20. The topological polar surface area (TPSA) is 0 Å². The lowest BCUT2D eigenvalue weighted by molar-refractivity contribution is 0.698. The predicted molar refractivity (Wildman–Crippen MR) is 53.8 cm³/mol. The lowest BCUT2D eigenvalue weighted by Gasteiger charge is -2.24. The molecular formula is C10H18P+. The smallest absolute Gasteiger partial charge is 0.0811 e. The van der Waals surface area contributed by atoms with Crippen molar-refractivity contribution in [3.05, 3.63) is 12.2 Å². The van der Waals surface area contributed by atoms with E-state index in [1.807, 2.05) is 0 Å². The largest absolute Gasteiger partial charge is 0.0814 e. The molecule has 2 unspecified atom stereocenters. The van der Waals surface area contributed by atoms with Crippen LogP contribution in [-0.4, -0.2) is 25.7 Å². The van der Waals surface area contributed by atoms with Gasteiger partial charge in [-0.1, -0.05) is 12.2 Å². The zero-order valence-corrected chi connectivity index (χ0v) is 8.64. The molecule has 0 aliphatic heterocycles. The Bertz CT molecular complexity index is 174. The fraction of sp³-hybridized carbons (Fsp3) is 0.800. The summed E-state index contributed by atoms with van der Waals surface area (Å²) in [4.78, 5) is 0. The predicted octanol–water partition coefficient (Wildman–Crippen LogP) is 2.86. The summed E-state index contributed by atoms with van der Waals surface area (Å²) in [5.74, 6) is 1.93. The van der Waals surface area contributed by atoms with Crippen LogP contribution in [0.25, 0.3) is 0 Å². The summed E-state index contributed by atoms with van der Waals surface area (Å²) in [5, 5.41) is 0. The molecule has 2 bridgehead atoms. The Morgan fingerprint density at radius 2 is 1.45 bits per heavy atom. The maximum atomic E-state index is 2.50. The molecule has 0 radical (unpaired) electrons. The second-order valence-corrected chi connectivity index (χ2v) is 9.73. The summed E-state index contributed by atoms with van der Waals surface area (Å²) in [6.07, 6.45) is 7.90. The fourth-order valence-electron chi connectivity index (χ4n) is 2.90. The maximum Gasteiger partial charge on any atom is 0.0814 e. The first-order valence-corrected chi connectivity index (χ1v) is 7.78. The van der Waals surface area contributed by atoms with Crippen molar-refractivity contribution in [1.82, 2.24) is 0 Å². The van der Waals surface area contributed by atoms with Gasteiger partial charge < -0.3 is 0 Å². The van der Waals surface area contributed by atoms with Gasteiger partial charge in [-0.05, 0) is 12.8 Å². The van der Waals surface area contributed by atoms with E-state index < -0.39 is 7.26 Å². The molecule has 2 atom stereocenters. The molecule has 0 spiro atoms. The summed E-state index contributed by atoms with van der Waals surface area (Å²) in [6.45, 7) is 7.49. The van der Waals surface area contributed by atoms with Crippen LogP contribution in [0, 0.1) is 11.8 Å². The molecule has 1 saturated carbocycles. The number of hydrogen-bond donors (Lipinski definition) is 0. The second kappa shape index (κ2) is 2.33. The highest BCUT2D eigenvalue weighted by molar-refractivity contribution is 7.74. The van der Waals surface area contributed by atoms with E-state index in [1.165, 1.54) is 12.8 Å². The number of allylic oxidation sites excluding steroid dienone is 2. The molecule has 0 saturated heterocycles. The second-order valence-electron chi connectivity index (χ2n) is 4.90. The summed E-state index contributed by atoms with van der Waals surface area (Å²) >= 11 is 0. The van der Waals surface area contributed by atoms with Crippen LogP contribution in [0.3, 0.4) is 0 Å². The Kier molecular flexibility index (Phi) is 1.65. The third kappa shape index (κ3) is 1.16. The van der Waals surface area contributed by atoms with Crippen molar-refractivity contribution in [2.24, 2.45) is 11.8 Å². The van der Waals surface area contributed by atoms with Gasteiger partial charge in [0, 0.05) is 39.1 Å². The van der Waals surface area contributed by atoms with Crippen LogP contribution >= 0.6 is 7.26 Å². The summed E-state index contributed by atoms with van der Waals surface area (Å²) in [7, 11) is -0.576. The molecule has 0 aromatic carbocycles. The molecule has 0 heterocycles. The molecule has 0 nitrogen and oxygen atoms in total. The van der Waals surface area contributed by atoms with Gasteiger partial charge in [0.25, 0.3) is 0 Å². The van der Waals surface area contributed by atoms with E-state index in [4.69, 9.17) is 0 Å². The van der Waals surface area contributed by atoms with Gasteiger partial charge in [0.1, 0.15) is 0 Å². The van der Waals surface area contributed by atoms with Gasteiger partial charge in [0.2, 0.25) is 0 Å². The molecule has 62 valence electrons. The van der Waals surface area contributed by atoms with Crippen LogP contribution in [0.5, 0.6) is 0 Å². The van der Waals surface area contributed by atoms with Gasteiger partial charge in [0.05, 0.1) is 5.66 Å². The third-order valence-electron chi connectivity index (χ3n) is 3.21. The molecular weight excluding hydrogens is 151 g/mol. The molecule has 2 rings (SSSR count). The molecule has 0 amide bonds. The van der Waals surface area contributed by atoms with E-state index in [2.05, 4.69) is 32.1 Å². The number of fused-ring (bicyclic) bond motifs is 2. The van der Waals surface area contributed by atoms with Crippen molar-refractivity contribution in [3.63, 3.8) is 0 Å². The van der Waals surface area contributed by atoms with Gasteiger partial charge in [-0.2, -0.15) is 0 Å². The molecule has 1 fully saturated rings. The fourth-order valence-corrected chi connectivity index (χ4v) is 5.69. The van der Waals surface area contributed by atoms with Crippen molar-refractivity contribution in [2.75, 3.05) is 20.0 Å². The first kappa shape index (κ1) is 7.80. The maximum absolute atomic E-state index is 2.50. The molecule has 11 heavy (non-hydrogen) atoms. The molecule has 2 aliphatic rings. The number of rotatable bonds is 1. The van der Waals surface area contributed by atoms with Crippen molar-refractivity contribution in [2.45, 2.75) is 18.5 Å². The molecule has 0 aromatic rings. The zero-order valence-electron chi connectivity index (χ0n) is 7.75. The van der Waals surface area contributed by atoms with E-state index in [0.29, 0.717) is 0 Å². The summed E-state index contributed by atoms with van der Waals surface area (Å²) in [5.41, 5.74) is 1.06. The van der Waals surface area contributed by atoms with Gasteiger partial charge in [-0.15, -0.1) is 0 Å². The van der Waals surface area contributed by atoms with Crippen LogP contribution in [0.4, 0.5) is 0 Å². The minimum Gasteiger partial charge on any atom is -0.0811 e. The van der Waals surface area contributed by atoms with Crippen LogP contribution in [0.2, 0.25) is 0 Å². The SMILES string of the molecule is C[P+](C)(C)C1C2C=CC1CC2. The van der Waals surface area contributed by atoms with Crippen LogP contribution in [-0.2, 0) is 0 Å². The lowest BCUT2D eigenvalue weighted by Crippen LogP contribution is -2.17. The van der Waals surface area contributed by atoms with Crippen molar-refractivity contribution < 1.29 is 0 Å². The van der Waals surface area contributed by atoms with E-state index in [-0.39, 0.29) is 0 Å². The van der Waals surface area contributed by atoms with Gasteiger partial charge in [0.15, 0.2) is 0 Å². The number of hydrogen-bond acceptors (Lipinski definition) is 0. The van der Waals surface area contributed by atoms with E-state index in [1.54, 1.807) is 0 Å². The minimum atomic E-state index is -0.576. The van der Waals surface area contributed by atoms with Crippen molar-refractivity contribution in [1.29, 1.82) is 0 Å². The van der Waals surface area contributed by atoms with Crippen LogP contribution in [0.1, 0.15) is 12.8 Å². The standard InChI is InChI=1S/C10H18P/c1-11(2,3)10-8-4-5-9(10)7-6-8/h4-5,8-10H,6-7H2,1-3H3/q+1. The first-order valence-electron chi connectivity index (χ1n) is 4.58. The zero-order chi connectivity index (χ0) is 8.06. The average Bonchev–Trinajstić information content (AvgIpc) is 2.40. The Hall–Kier alpha value is 0.170. The molecule has 0 aromatic heterocycles. The normalized spacial score (nSPS) is 41.9. The molecule has 2 aliphatic carbocycles. The highest BCUT2D eigenvalue weighted by Gasteiger charge is 2.48. The quantitative estimate of drug-likeness (QED) is 0.418. The van der Waals surface area contributed by atoms with Crippen molar-refractivity contribution >= 4 is 7.26 Å². The Labute approximate surface area is 70.4 Å². The Morgan fingerprint density at radius 1 is 1.00 bits per heavy atom. The van der Waals surface area contributed by atoms with E-state index in [0.717, 1.165) is 17.5 Å². The highest BCUT2D eigenvalue weighted by atomic mass is 31.2. The Morgan fingerprint density at radius 3 is 1.64 bits per heavy atom. The monoisotopic (exact) mass is 169 g/mol. The lowest BCUT2D eigenvalue weighted by atomic mass is 10.1. The van der Waals surface area contributed by atoms with E-state index in [9.17, 15) is 0 Å². The minimum absolute atomic E-state index is 0.576. The summed E-state index contributed by atoms with van der Waals surface area (Å²) < 4.78 is 0. The van der Waals surface area contributed by atoms with Gasteiger partial charge in [-0.25, -0.2) is 0 Å². The summed E-state index contributed by atoms with van der Waals surface area (Å²) in [6, 6.07) is 0. The highest BCUT2D eigenvalue weighted by Crippen LogP contribution is 2.64.